The van der Waals surface area contributed by atoms with Gasteiger partial charge in [0.15, 0.2) is 0 Å². The molecule has 1 N–H and O–H groups in total. The van der Waals surface area contributed by atoms with Gasteiger partial charge in [-0.2, -0.15) is 0 Å². The van der Waals surface area contributed by atoms with Gasteiger partial charge in [-0.15, -0.1) is 0 Å². The number of benzene rings is 1. The lowest BCUT2D eigenvalue weighted by Crippen LogP contribution is -2.61. The van der Waals surface area contributed by atoms with Gasteiger partial charge in [-0.1, -0.05) is 18.2 Å². The van der Waals surface area contributed by atoms with Crippen molar-refractivity contribution in [2.75, 3.05) is 27.9 Å². The summed E-state index contributed by atoms with van der Waals surface area (Å²) in [4.78, 5) is 0. The molecule has 0 unspecified atom stereocenters. The van der Waals surface area contributed by atoms with Gasteiger partial charge in [0.05, 0.1) is 6.61 Å². The van der Waals surface area contributed by atoms with E-state index >= 15 is 0 Å². The number of ether oxygens (including phenoxy) is 5. The van der Waals surface area contributed by atoms with Crippen molar-refractivity contribution in [1.29, 1.82) is 0 Å². The molecular formula is C15H22O6. The Morgan fingerprint density at radius 1 is 1.05 bits per heavy atom. The zero-order chi connectivity index (χ0) is 15.2. The van der Waals surface area contributed by atoms with E-state index < -0.39 is 24.6 Å². The summed E-state index contributed by atoms with van der Waals surface area (Å²) < 4.78 is 27.4. The molecule has 2 rings (SSSR count). The van der Waals surface area contributed by atoms with E-state index in [-0.39, 0.29) is 6.10 Å². The van der Waals surface area contributed by atoms with Crippen LogP contribution in [0.3, 0.4) is 0 Å². The average molecular weight is 298 g/mol. The molecule has 0 bridgehead atoms. The maximum atomic E-state index is 10.4. The molecule has 6 heteroatoms. The second-order valence-electron chi connectivity index (χ2n) is 4.82. The van der Waals surface area contributed by atoms with Crippen LogP contribution in [-0.2, 0) is 18.9 Å². The number of hydrogen-bond donors (Lipinski definition) is 1. The summed E-state index contributed by atoms with van der Waals surface area (Å²) in [5.41, 5.74) is 0. The molecule has 1 heterocycles. The first-order chi connectivity index (χ1) is 10.2. The maximum Gasteiger partial charge on any atom is 0.229 e. The molecule has 0 aliphatic carbocycles. The third kappa shape index (κ3) is 3.72. The van der Waals surface area contributed by atoms with Crippen molar-refractivity contribution in [1.82, 2.24) is 0 Å². The van der Waals surface area contributed by atoms with Crippen LogP contribution >= 0.6 is 0 Å². The summed E-state index contributed by atoms with van der Waals surface area (Å²) in [6.45, 7) is 0.319. The molecular weight excluding hydrogens is 276 g/mol. The number of para-hydroxylation sites is 1. The molecule has 1 aliphatic rings. The lowest BCUT2D eigenvalue weighted by molar-refractivity contribution is -0.287. The molecule has 1 saturated heterocycles. The van der Waals surface area contributed by atoms with Crippen molar-refractivity contribution in [3.8, 4) is 5.75 Å². The van der Waals surface area contributed by atoms with Crippen molar-refractivity contribution in [3.63, 3.8) is 0 Å². The first-order valence-corrected chi connectivity index (χ1v) is 6.81. The summed E-state index contributed by atoms with van der Waals surface area (Å²) >= 11 is 0. The van der Waals surface area contributed by atoms with E-state index in [1.165, 1.54) is 7.11 Å². The van der Waals surface area contributed by atoms with Crippen LogP contribution in [0, 0.1) is 0 Å². The summed E-state index contributed by atoms with van der Waals surface area (Å²) in [7, 11) is 4.65. The molecule has 6 nitrogen and oxygen atoms in total. The molecule has 1 aromatic carbocycles. The van der Waals surface area contributed by atoms with Gasteiger partial charge in [0, 0.05) is 21.3 Å². The molecule has 0 saturated carbocycles. The highest BCUT2D eigenvalue weighted by molar-refractivity contribution is 5.21. The molecule has 1 fully saturated rings. The van der Waals surface area contributed by atoms with Crippen molar-refractivity contribution in [2.45, 2.75) is 30.7 Å². The van der Waals surface area contributed by atoms with Crippen LogP contribution in [0.5, 0.6) is 5.75 Å². The first kappa shape index (κ1) is 16.2. The van der Waals surface area contributed by atoms with Gasteiger partial charge in [-0.05, 0) is 12.1 Å². The Bertz CT molecular complexity index is 412. The molecule has 5 atom stereocenters. The summed E-state index contributed by atoms with van der Waals surface area (Å²) in [5.74, 6) is 0.614. The SMILES string of the molecule is COC[C@H]1O[C@@H](Oc2ccccc2)[C@H](O)[C@@H](OC)[C@@H]1OC. The van der Waals surface area contributed by atoms with Crippen LogP contribution in [0.1, 0.15) is 0 Å². The van der Waals surface area contributed by atoms with E-state index in [1.54, 1.807) is 26.4 Å². The van der Waals surface area contributed by atoms with Gasteiger partial charge in [0.1, 0.15) is 30.2 Å². The number of aliphatic hydroxyl groups is 1. The molecule has 1 aliphatic heterocycles. The lowest BCUT2D eigenvalue weighted by Gasteiger charge is -2.42. The van der Waals surface area contributed by atoms with E-state index in [1.807, 2.05) is 18.2 Å². The molecule has 118 valence electrons. The largest absolute Gasteiger partial charge is 0.462 e. The van der Waals surface area contributed by atoms with Crippen LogP contribution < -0.4 is 4.74 Å². The number of rotatable bonds is 6. The molecule has 0 amide bonds. The van der Waals surface area contributed by atoms with E-state index in [9.17, 15) is 5.11 Å². The number of hydrogen-bond acceptors (Lipinski definition) is 6. The number of methoxy groups -OCH3 is 3. The standard InChI is InChI=1S/C15H22O6/c1-17-9-11-13(18-2)14(19-3)12(16)15(21-11)20-10-7-5-4-6-8-10/h4-8,11-16H,9H2,1-3H3/t11-,12-,13-,14-,15-/m1/s1. The van der Waals surface area contributed by atoms with Crippen LogP contribution in [0.25, 0.3) is 0 Å². The highest BCUT2D eigenvalue weighted by atomic mass is 16.7. The monoisotopic (exact) mass is 298 g/mol. The second kappa shape index (κ2) is 7.72. The Morgan fingerprint density at radius 2 is 1.71 bits per heavy atom. The molecule has 1 aromatic rings. The quantitative estimate of drug-likeness (QED) is 0.839. The Labute approximate surface area is 124 Å². The van der Waals surface area contributed by atoms with E-state index in [0.717, 1.165) is 0 Å². The van der Waals surface area contributed by atoms with Gasteiger partial charge in [-0.25, -0.2) is 0 Å². The van der Waals surface area contributed by atoms with Gasteiger partial charge in [0.25, 0.3) is 0 Å². The van der Waals surface area contributed by atoms with Crippen molar-refractivity contribution >= 4 is 0 Å². The van der Waals surface area contributed by atoms with Crippen molar-refractivity contribution in [3.05, 3.63) is 30.3 Å². The minimum Gasteiger partial charge on any atom is -0.462 e. The topological polar surface area (TPSA) is 66.4 Å². The van der Waals surface area contributed by atoms with Gasteiger partial charge < -0.3 is 28.8 Å². The molecule has 0 spiro atoms. The van der Waals surface area contributed by atoms with E-state index in [2.05, 4.69) is 0 Å². The normalized spacial score (nSPS) is 32.9. The van der Waals surface area contributed by atoms with Crippen LogP contribution in [-0.4, -0.2) is 63.7 Å². The zero-order valence-electron chi connectivity index (χ0n) is 12.5. The van der Waals surface area contributed by atoms with Crippen LogP contribution in [0.4, 0.5) is 0 Å². The third-order valence-corrected chi connectivity index (χ3v) is 3.49. The zero-order valence-corrected chi connectivity index (χ0v) is 12.5. The summed E-state index contributed by atoms with van der Waals surface area (Å²) in [5, 5.41) is 10.4. The van der Waals surface area contributed by atoms with Gasteiger partial charge in [0.2, 0.25) is 6.29 Å². The Hall–Kier alpha value is -1.18. The third-order valence-electron chi connectivity index (χ3n) is 3.49. The molecule has 0 radical (unpaired) electrons. The average Bonchev–Trinajstić information content (AvgIpc) is 2.51. The predicted octanol–water partition coefficient (Wildman–Crippen LogP) is 0.828. The maximum absolute atomic E-state index is 10.4. The molecule has 21 heavy (non-hydrogen) atoms. The fourth-order valence-corrected chi connectivity index (χ4v) is 2.48. The van der Waals surface area contributed by atoms with E-state index in [4.69, 9.17) is 23.7 Å². The summed E-state index contributed by atoms with van der Waals surface area (Å²) in [6.07, 6.45) is -3.18. The fourth-order valence-electron chi connectivity index (χ4n) is 2.48. The Kier molecular flexibility index (Phi) is 5.96. The van der Waals surface area contributed by atoms with Crippen LogP contribution in [0.2, 0.25) is 0 Å². The van der Waals surface area contributed by atoms with Crippen molar-refractivity contribution in [2.24, 2.45) is 0 Å². The van der Waals surface area contributed by atoms with Crippen LogP contribution in [0.15, 0.2) is 30.3 Å². The number of aliphatic hydroxyl groups excluding tert-OH is 1. The highest BCUT2D eigenvalue weighted by Gasteiger charge is 2.47. The minimum atomic E-state index is -0.965. The highest BCUT2D eigenvalue weighted by Crippen LogP contribution is 2.27. The molecule has 0 aromatic heterocycles. The smallest absolute Gasteiger partial charge is 0.229 e. The lowest BCUT2D eigenvalue weighted by atomic mass is 9.98. The van der Waals surface area contributed by atoms with Crippen molar-refractivity contribution < 1.29 is 28.8 Å². The fraction of sp³-hybridized carbons (Fsp3) is 0.600. The predicted molar refractivity (Wildman–Crippen MR) is 75.2 cm³/mol. The van der Waals surface area contributed by atoms with Gasteiger partial charge in [-0.3, -0.25) is 0 Å². The second-order valence-corrected chi connectivity index (χ2v) is 4.82. The van der Waals surface area contributed by atoms with E-state index in [0.29, 0.717) is 12.4 Å². The Morgan fingerprint density at radius 3 is 2.29 bits per heavy atom. The first-order valence-electron chi connectivity index (χ1n) is 6.81. The Balaban J connectivity index is 2.13. The minimum absolute atomic E-state index is 0.319. The summed E-state index contributed by atoms with van der Waals surface area (Å²) in [6, 6.07) is 9.18. The van der Waals surface area contributed by atoms with Gasteiger partial charge >= 0.3 is 0 Å².